The van der Waals surface area contributed by atoms with E-state index in [1.165, 1.54) is 16.4 Å². The molecule has 122 valence electrons. The van der Waals surface area contributed by atoms with Crippen LogP contribution in [0.3, 0.4) is 0 Å². The van der Waals surface area contributed by atoms with Crippen molar-refractivity contribution in [3.8, 4) is 0 Å². The molecule has 0 saturated carbocycles. The molecule has 6 nitrogen and oxygen atoms in total. The van der Waals surface area contributed by atoms with Crippen LogP contribution < -0.4 is 0 Å². The summed E-state index contributed by atoms with van der Waals surface area (Å²) < 4.78 is 31.6. The Kier molecular flexibility index (Phi) is 5.66. The van der Waals surface area contributed by atoms with Crippen molar-refractivity contribution in [1.29, 1.82) is 0 Å². The average Bonchev–Trinajstić information content (AvgIpc) is 2.74. The predicted octanol–water partition coefficient (Wildman–Crippen LogP) is 2.19. The monoisotopic (exact) mass is 346 g/mol. The normalized spacial score (nSPS) is 17.1. The molecule has 0 spiro atoms. The van der Waals surface area contributed by atoms with E-state index in [0.717, 1.165) is 0 Å². The van der Waals surface area contributed by atoms with Crippen molar-refractivity contribution in [1.82, 2.24) is 9.21 Å². The van der Waals surface area contributed by atoms with Crippen LogP contribution in [-0.4, -0.2) is 56.5 Å². The van der Waals surface area contributed by atoms with Gasteiger partial charge >= 0.3 is 6.09 Å². The van der Waals surface area contributed by atoms with Gasteiger partial charge < -0.3 is 9.64 Å². The first-order chi connectivity index (χ1) is 10.4. The van der Waals surface area contributed by atoms with Crippen LogP contribution in [0.15, 0.2) is 29.2 Å². The van der Waals surface area contributed by atoms with Crippen molar-refractivity contribution < 1.29 is 17.9 Å². The van der Waals surface area contributed by atoms with Crippen molar-refractivity contribution in [2.24, 2.45) is 0 Å². The molecule has 0 bridgehead atoms. The lowest BCUT2D eigenvalue weighted by molar-refractivity contribution is 0.109. The second kappa shape index (κ2) is 7.30. The first-order valence-corrected chi connectivity index (χ1v) is 8.94. The zero-order chi connectivity index (χ0) is 16.2. The minimum absolute atomic E-state index is 0.210. The van der Waals surface area contributed by atoms with Crippen molar-refractivity contribution >= 4 is 27.7 Å². The molecule has 0 atom stereocenters. The number of benzene rings is 1. The van der Waals surface area contributed by atoms with E-state index in [9.17, 15) is 13.2 Å². The third-order valence-corrected chi connectivity index (χ3v) is 5.60. The lowest BCUT2D eigenvalue weighted by Gasteiger charge is -2.21. The summed E-state index contributed by atoms with van der Waals surface area (Å²) >= 11 is 5.79. The number of amides is 1. The van der Waals surface area contributed by atoms with E-state index in [1.807, 2.05) is 0 Å². The molecule has 1 amide bonds. The third kappa shape index (κ3) is 3.91. The minimum Gasteiger partial charge on any atom is -0.450 e. The Balaban J connectivity index is 2.10. The average molecular weight is 347 g/mol. The molecule has 1 aliphatic heterocycles. The van der Waals surface area contributed by atoms with Crippen molar-refractivity contribution in [3.05, 3.63) is 29.3 Å². The smallest absolute Gasteiger partial charge is 0.409 e. The number of carbonyl (C=O) groups is 1. The summed E-state index contributed by atoms with van der Waals surface area (Å²) in [6.07, 6.45) is 0.180. The summed E-state index contributed by atoms with van der Waals surface area (Å²) in [6.45, 7) is 3.50. The maximum atomic E-state index is 12.6. The van der Waals surface area contributed by atoms with Crippen molar-refractivity contribution in [3.63, 3.8) is 0 Å². The summed E-state index contributed by atoms with van der Waals surface area (Å²) in [4.78, 5) is 13.5. The van der Waals surface area contributed by atoms with Gasteiger partial charge in [0.15, 0.2) is 0 Å². The molecule has 1 heterocycles. The minimum atomic E-state index is -3.57. The molecular formula is C14H19ClN2O4S. The fraction of sp³-hybridized carbons (Fsp3) is 0.500. The van der Waals surface area contributed by atoms with Crippen molar-refractivity contribution in [2.75, 3.05) is 32.8 Å². The summed E-state index contributed by atoms with van der Waals surface area (Å²) in [7, 11) is -3.57. The zero-order valence-electron chi connectivity index (χ0n) is 12.4. The first kappa shape index (κ1) is 17.1. The molecule has 1 aromatic carbocycles. The van der Waals surface area contributed by atoms with Gasteiger partial charge in [0.2, 0.25) is 10.0 Å². The van der Waals surface area contributed by atoms with Crippen LogP contribution in [-0.2, 0) is 14.8 Å². The van der Waals surface area contributed by atoms with Gasteiger partial charge in [-0.1, -0.05) is 11.6 Å². The Morgan fingerprint density at radius 3 is 2.50 bits per heavy atom. The van der Waals surface area contributed by atoms with Gasteiger partial charge in [-0.2, -0.15) is 4.31 Å². The maximum Gasteiger partial charge on any atom is 0.409 e. The predicted molar refractivity (Wildman–Crippen MR) is 83.4 cm³/mol. The van der Waals surface area contributed by atoms with E-state index < -0.39 is 16.1 Å². The largest absolute Gasteiger partial charge is 0.450 e. The van der Waals surface area contributed by atoms with Crippen LogP contribution in [0.4, 0.5) is 4.79 Å². The highest BCUT2D eigenvalue weighted by atomic mass is 35.5. The molecule has 1 aromatic rings. The molecule has 0 aliphatic carbocycles. The molecular weight excluding hydrogens is 328 g/mol. The van der Waals surface area contributed by atoms with Gasteiger partial charge in [-0.3, -0.25) is 0 Å². The van der Waals surface area contributed by atoms with Crippen LogP contribution in [0, 0.1) is 0 Å². The Hall–Kier alpha value is -1.31. The maximum absolute atomic E-state index is 12.6. The van der Waals surface area contributed by atoms with E-state index in [-0.39, 0.29) is 11.4 Å². The van der Waals surface area contributed by atoms with Gasteiger partial charge in [0.1, 0.15) is 0 Å². The molecule has 8 heteroatoms. The topological polar surface area (TPSA) is 66.9 Å². The van der Waals surface area contributed by atoms with Crippen LogP contribution in [0.25, 0.3) is 0 Å². The van der Waals surface area contributed by atoms with E-state index in [1.54, 1.807) is 24.0 Å². The lowest BCUT2D eigenvalue weighted by Crippen LogP contribution is -2.37. The number of hydrogen-bond donors (Lipinski definition) is 0. The van der Waals surface area contributed by atoms with Gasteiger partial charge in [-0.25, -0.2) is 13.2 Å². The number of hydrogen-bond acceptors (Lipinski definition) is 4. The van der Waals surface area contributed by atoms with E-state index in [4.69, 9.17) is 16.3 Å². The van der Waals surface area contributed by atoms with Gasteiger partial charge in [-0.05, 0) is 37.6 Å². The highest BCUT2D eigenvalue weighted by Crippen LogP contribution is 2.20. The number of nitrogens with zero attached hydrogens (tertiary/aromatic N) is 2. The molecule has 22 heavy (non-hydrogen) atoms. The van der Waals surface area contributed by atoms with Gasteiger partial charge in [0.25, 0.3) is 0 Å². The summed E-state index contributed by atoms with van der Waals surface area (Å²) in [5.41, 5.74) is 0. The molecule has 0 unspecified atom stereocenters. The quantitative estimate of drug-likeness (QED) is 0.841. The van der Waals surface area contributed by atoms with Gasteiger partial charge in [-0.15, -0.1) is 0 Å². The Labute approximate surface area is 135 Å². The molecule has 0 radical (unpaired) electrons. The Morgan fingerprint density at radius 2 is 1.86 bits per heavy atom. The second-order valence-electron chi connectivity index (χ2n) is 4.90. The number of sulfonamides is 1. The number of halogens is 1. The molecule has 1 fully saturated rings. The van der Waals surface area contributed by atoms with E-state index in [2.05, 4.69) is 0 Å². The number of rotatable bonds is 3. The zero-order valence-corrected chi connectivity index (χ0v) is 13.9. The van der Waals surface area contributed by atoms with Crippen LogP contribution >= 0.6 is 11.6 Å². The van der Waals surface area contributed by atoms with Crippen LogP contribution in [0.1, 0.15) is 13.3 Å². The Morgan fingerprint density at radius 1 is 1.18 bits per heavy atom. The molecule has 1 saturated heterocycles. The molecule has 0 N–H and O–H groups in total. The number of ether oxygens (including phenoxy) is 1. The first-order valence-electron chi connectivity index (χ1n) is 7.12. The standard InChI is InChI=1S/C14H19ClN2O4S/c1-2-21-14(18)16-8-3-9-17(11-10-16)22(19,20)13-6-4-12(15)5-7-13/h4-7H,2-3,8-11H2,1H3. The molecule has 1 aliphatic rings. The second-order valence-corrected chi connectivity index (χ2v) is 7.27. The van der Waals surface area contributed by atoms with Crippen LogP contribution in [0.5, 0.6) is 0 Å². The highest BCUT2D eigenvalue weighted by molar-refractivity contribution is 7.89. The van der Waals surface area contributed by atoms with Crippen LogP contribution in [0.2, 0.25) is 5.02 Å². The fourth-order valence-corrected chi connectivity index (χ4v) is 3.88. The fourth-order valence-electron chi connectivity index (χ4n) is 2.29. The summed E-state index contributed by atoms with van der Waals surface area (Å²) in [5.74, 6) is 0. The summed E-state index contributed by atoms with van der Waals surface area (Å²) in [6, 6.07) is 6.09. The number of carbonyl (C=O) groups excluding carboxylic acids is 1. The highest BCUT2D eigenvalue weighted by Gasteiger charge is 2.28. The van der Waals surface area contributed by atoms with E-state index >= 15 is 0 Å². The molecule has 0 aromatic heterocycles. The van der Waals surface area contributed by atoms with Gasteiger partial charge in [0, 0.05) is 31.2 Å². The third-order valence-electron chi connectivity index (χ3n) is 3.43. The lowest BCUT2D eigenvalue weighted by atomic mass is 10.4. The van der Waals surface area contributed by atoms with E-state index in [0.29, 0.717) is 37.7 Å². The van der Waals surface area contributed by atoms with Gasteiger partial charge in [0.05, 0.1) is 11.5 Å². The summed E-state index contributed by atoms with van der Waals surface area (Å²) in [5, 5.41) is 0.489. The SMILES string of the molecule is CCOC(=O)N1CCCN(S(=O)(=O)c2ccc(Cl)cc2)CC1. The molecule has 2 rings (SSSR count). The van der Waals surface area contributed by atoms with Crippen molar-refractivity contribution in [2.45, 2.75) is 18.2 Å². The Bertz CT molecular complexity index is 618.